The van der Waals surface area contributed by atoms with E-state index >= 15 is 0 Å². The highest BCUT2D eigenvalue weighted by molar-refractivity contribution is 5.91. The Hall–Kier alpha value is -2.55. The predicted octanol–water partition coefficient (Wildman–Crippen LogP) is 2.08. The van der Waals surface area contributed by atoms with Crippen molar-refractivity contribution < 1.29 is 9.59 Å². The van der Waals surface area contributed by atoms with Crippen LogP contribution in [0, 0.1) is 11.3 Å². The summed E-state index contributed by atoms with van der Waals surface area (Å²) in [6.45, 7) is 6.40. The number of hydrogen-bond donors (Lipinski definition) is 2. The second-order valence-corrected chi connectivity index (χ2v) is 6.33. The summed E-state index contributed by atoms with van der Waals surface area (Å²) in [6.07, 6.45) is 0.296. The van der Waals surface area contributed by atoms with Crippen molar-refractivity contribution in [3.63, 3.8) is 0 Å². The van der Waals surface area contributed by atoms with Crippen LogP contribution in [-0.4, -0.2) is 35.0 Å². The van der Waals surface area contributed by atoms with Gasteiger partial charge in [-0.05, 0) is 32.9 Å². The number of para-hydroxylation sites is 1. The minimum absolute atomic E-state index is 0.0372. The van der Waals surface area contributed by atoms with Crippen LogP contribution in [0.2, 0.25) is 0 Å². The van der Waals surface area contributed by atoms with Crippen LogP contribution in [0.4, 0.5) is 10.5 Å². The van der Waals surface area contributed by atoms with Crippen molar-refractivity contribution in [1.82, 2.24) is 10.2 Å². The van der Waals surface area contributed by atoms with E-state index in [1.165, 1.54) is 0 Å². The number of likely N-dealkylation sites (tertiary alicyclic amines) is 1. The minimum atomic E-state index is -0.406. The standard InChI is InChI=1S/C16H20N4O2/c1-16(2,3)20-10-12(8-14(20)21)18-15(22)19-13-7-5-4-6-11(13)9-17/h4-7,12H,8,10H2,1-3H3,(H2,18,19,22). The topological polar surface area (TPSA) is 85.2 Å². The zero-order chi connectivity index (χ0) is 16.3. The fourth-order valence-corrected chi connectivity index (χ4v) is 2.49. The third-order valence-corrected chi connectivity index (χ3v) is 3.57. The molecule has 6 heteroatoms. The lowest BCUT2D eigenvalue weighted by Crippen LogP contribution is -2.45. The monoisotopic (exact) mass is 300 g/mol. The molecule has 2 N–H and O–H groups in total. The second-order valence-electron chi connectivity index (χ2n) is 6.33. The Balaban J connectivity index is 1.97. The van der Waals surface area contributed by atoms with E-state index in [9.17, 15) is 9.59 Å². The molecule has 0 saturated carbocycles. The number of carbonyl (C=O) groups is 2. The van der Waals surface area contributed by atoms with E-state index in [4.69, 9.17) is 5.26 Å². The van der Waals surface area contributed by atoms with Crippen LogP contribution >= 0.6 is 0 Å². The second kappa shape index (κ2) is 6.06. The van der Waals surface area contributed by atoms with Crippen LogP contribution in [0.3, 0.4) is 0 Å². The van der Waals surface area contributed by atoms with Crippen LogP contribution in [0.25, 0.3) is 0 Å². The van der Waals surface area contributed by atoms with Gasteiger partial charge in [-0.2, -0.15) is 5.26 Å². The summed E-state index contributed by atoms with van der Waals surface area (Å²) in [5.74, 6) is 0.0372. The van der Waals surface area contributed by atoms with E-state index < -0.39 is 6.03 Å². The first kappa shape index (κ1) is 15.8. The molecule has 0 bridgehead atoms. The number of urea groups is 1. The molecule has 2 rings (SSSR count). The summed E-state index contributed by atoms with van der Waals surface area (Å²) in [5, 5.41) is 14.4. The van der Waals surface area contributed by atoms with Gasteiger partial charge in [-0.25, -0.2) is 4.79 Å². The quantitative estimate of drug-likeness (QED) is 0.877. The van der Waals surface area contributed by atoms with Crippen LogP contribution in [0.5, 0.6) is 0 Å². The molecular weight excluding hydrogens is 280 g/mol. The molecule has 0 spiro atoms. The molecule has 1 heterocycles. The molecule has 1 unspecified atom stereocenters. The Bertz CT molecular complexity index is 628. The van der Waals surface area contributed by atoms with E-state index in [2.05, 4.69) is 10.6 Å². The molecule has 1 atom stereocenters. The van der Waals surface area contributed by atoms with Crippen molar-refractivity contribution in [2.75, 3.05) is 11.9 Å². The molecule has 1 aromatic carbocycles. The summed E-state index contributed by atoms with van der Waals surface area (Å²) < 4.78 is 0. The van der Waals surface area contributed by atoms with E-state index in [-0.39, 0.29) is 17.5 Å². The number of nitrogens with zero attached hydrogens (tertiary/aromatic N) is 2. The molecule has 22 heavy (non-hydrogen) atoms. The lowest BCUT2D eigenvalue weighted by molar-refractivity contribution is -0.131. The Morgan fingerprint density at radius 2 is 2.05 bits per heavy atom. The maximum absolute atomic E-state index is 12.0. The van der Waals surface area contributed by atoms with Gasteiger partial charge in [-0.3, -0.25) is 4.79 Å². The number of amides is 3. The molecule has 0 radical (unpaired) electrons. The number of benzene rings is 1. The molecular formula is C16H20N4O2. The van der Waals surface area contributed by atoms with Crippen molar-refractivity contribution >= 4 is 17.6 Å². The van der Waals surface area contributed by atoms with Gasteiger partial charge in [-0.1, -0.05) is 12.1 Å². The maximum atomic E-state index is 12.0. The summed E-state index contributed by atoms with van der Waals surface area (Å²) >= 11 is 0. The smallest absolute Gasteiger partial charge is 0.319 e. The zero-order valence-corrected chi connectivity index (χ0v) is 13.0. The van der Waals surface area contributed by atoms with Crippen molar-refractivity contribution in [2.24, 2.45) is 0 Å². The van der Waals surface area contributed by atoms with E-state index in [1.807, 2.05) is 26.8 Å². The summed E-state index contributed by atoms with van der Waals surface area (Å²) in [6, 6.07) is 8.18. The molecule has 1 saturated heterocycles. The number of anilines is 1. The van der Waals surface area contributed by atoms with Gasteiger partial charge in [0.1, 0.15) is 6.07 Å². The van der Waals surface area contributed by atoms with E-state index in [0.29, 0.717) is 24.2 Å². The SMILES string of the molecule is CC(C)(C)N1CC(NC(=O)Nc2ccccc2C#N)CC1=O. The average Bonchev–Trinajstić information content (AvgIpc) is 2.80. The Labute approximate surface area is 130 Å². The first-order valence-corrected chi connectivity index (χ1v) is 7.18. The molecule has 3 amide bonds. The Kier molecular flexibility index (Phi) is 4.36. The summed E-state index contributed by atoms with van der Waals surface area (Å²) in [5.41, 5.74) is 0.605. The first-order chi connectivity index (χ1) is 10.3. The predicted molar refractivity (Wildman–Crippen MR) is 83.2 cm³/mol. The third kappa shape index (κ3) is 3.55. The minimum Gasteiger partial charge on any atom is -0.336 e. The normalized spacial score (nSPS) is 18.0. The van der Waals surface area contributed by atoms with Crippen molar-refractivity contribution in [2.45, 2.75) is 38.8 Å². The highest BCUT2D eigenvalue weighted by atomic mass is 16.2. The van der Waals surface area contributed by atoms with Crippen LogP contribution < -0.4 is 10.6 Å². The summed E-state index contributed by atoms with van der Waals surface area (Å²) in [7, 11) is 0. The lowest BCUT2D eigenvalue weighted by atomic mass is 10.1. The first-order valence-electron chi connectivity index (χ1n) is 7.18. The molecule has 1 aromatic rings. The van der Waals surface area contributed by atoms with Gasteiger partial charge < -0.3 is 15.5 Å². The lowest BCUT2D eigenvalue weighted by Gasteiger charge is -2.32. The van der Waals surface area contributed by atoms with Crippen molar-refractivity contribution in [3.8, 4) is 6.07 Å². The number of nitrogens with one attached hydrogen (secondary N) is 2. The average molecular weight is 300 g/mol. The van der Waals surface area contributed by atoms with Gasteiger partial charge in [0.05, 0.1) is 17.3 Å². The highest BCUT2D eigenvalue weighted by Crippen LogP contribution is 2.22. The molecule has 116 valence electrons. The van der Waals surface area contributed by atoms with Gasteiger partial charge in [0.2, 0.25) is 5.91 Å². The zero-order valence-electron chi connectivity index (χ0n) is 13.0. The molecule has 0 aliphatic carbocycles. The van der Waals surface area contributed by atoms with Gasteiger partial charge in [-0.15, -0.1) is 0 Å². The van der Waals surface area contributed by atoms with Gasteiger partial charge in [0, 0.05) is 18.5 Å². The van der Waals surface area contributed by atoms with Crippen molar-refractivity contribution in [1.29, 1.82) is 5.26 Å². The number of nitriles is 1. The van der Waals surface area contributed by atoms with Crippen LogP contribution in [0.1, 0.15) is 32.8 Å². The fourth-order valence-electron chi connectivity index (χ4n) is 2.49. The molecule has 1 aliphatic heterocycles. The van der Waals surface area contributed by atoms with Crippen molar-refractivity contribution in [3.05, 3.63) is 29.8 Å². The molecule has 1 aliphatic rings. The van der Waals surface area contributed by atoms with Gasteiger partial charge >= 0.3 is 6.03 Å². The van der Waals surface area contributed by atoms with E-state index in [1.54, 1.807) is 29.2 Å². The fraction of sp³-hybridized carbons (Fsp3) is 0.438. The Morgan fingerprint density at radius 3 is 2.64 bits per heavy atom. The largest absolute Gasteiger partial charge is 0.336 e. The third-order valence-electron chi connectivity index (χ3n) is 3.57. The van der Waals surface area contributed by atoms with Crippen LogP contribution in [0.15, 0.2) is 24.3 Å². The molecule has 0 aromatic heterocycles. The number of hydrogen-bond acceptors (Lipinski definition) is 3. The number of rotatable bonds is 2. The highest BCUT2D eigenvalue weighted by Gasteiger charge is 2.36. The molecule has 6 nitrogen and oxygen atoms in total. The Morgan fingerprint density at radius 1 is 1.36 bits per heavy atom. The van der Waals surface area contributed by atoms with Crippen LogP contribution in [-0.2, 0) is 4.79 Å². The van der Waals surface area contributed by atoms with Gasteiger partial charge in [0.15, 0.2) is 0 Å². The van der Waals surface area contributed by atoms with E-state index in [0.717, 1.165) is 0 Å². The summed E-state index contributed by atoms with van der Waals surface area (Å²) in [4.78, 5) is 25.8. The number of carbonyl (C=O) groups excluding carboxylic acids is 2. The maximum Gasteiger partial charge on any atom is 0.319 e. The van der Waals surface area contributed by atoms with Gasteiger partial charge in [0.25, 0.3) is 0 Å². The molecule has 1 fully saturated rings.